The number of hydrogen-bond acceptors (Lipinski definition) is 4. The molecular weight excluding hydrogens is 168 g/mol. The molecular formula is C9H6N2O2. The van der Waals surface area contributed by atoms with Gasteiger partial charge >= 0.3 is 5.97 Å². The van der Waals surface area contributed by atoms with Crippen LogP contribution < -0.4 is 0 Å². The van der Waals surface area contributed by atoms with E-state index in [1.165, 1.54) is 0 Å². The van der Waals surface area contributed by atoms with Crippen LogP contribution in [0.1, 0.15) is 6.92 Å². The van der Waals surface area contributed by atoms with Crippen LogP contribution in [0.15, 0.2) is 22.8 Å². The van der Waals surface area contributed by atoms with Crippen molar-refractivity contribution in [3.63, 3.8) is 0 Å². The maximum atomic E-state index is 11.0. The Morgan fingerprint density at radius 1 is 1.54 bits per heavy atom. The maximum Gasteiger partial charge on any atom is 0.338 e. The van der Waals surface area contributed by atoms with Crippen molar-refractivity contribution in [1.82, 2.24) is 0 Å². The molecule has 0 aliphatic carbocycles. The third-order valence-corrected chi connectivity index (χ3v) is 1.72. The largest absolute Gasteiger partial charge is 0.458 e. The van der Waals surface area contributed by atoms with Crippen LogP contribution in [0.25, 0.3) is 0 Å². The van der Waals surface area contributed by atoms with Crippen LogP contribution in [0.3, 0.4) is 0 Å². The van der Waals surface area contributed by atoms with Gasteiger partial charge in [0, 0.05) is 0 Å². The maximum absolute atomic E-state index is 11.0. The summed E-state index contributed by atoms with van der Waals surface area (Å²) in [6.07, 6.45) is 1.56. The SMILES string of the molecule is CC(C1=CCOC1=O)=C(C#N)C#N. The highest BCUT2D eigenvalue weighted by Gasteiger charge is 2.20. The van der Waals surface area contributed by atoms with Crippen molar-refractivity contribution in [3.8, 4) is 12.1 Å². The number of carbonyl (C=O) groups is 1. The van der Waals surface area contributed by atoms with Crippen LogP contribution in [0.4, 0.5) is 0 Å². The van der Waals surface area contributed by atoms with Gasteiger partial charge in [0.25, 0.3) is 0 Å². The fraction of sp³-hybridized carbons (Fsp3) is 0.222. The van der Waals surface area contributed by atoms with E-state index in [4.69, 9.17) is 10.5 Å². The summed E-state index contributed by atoms with van der Waals surface area (Å²) in [7, 11) is 0. The smallest absolute Gasteiger partial charge is 0.338 e. The number of carbonyl (C=O) groups excluding carboxylic acids is 1. The van der Waals surface area contributed by atoms with Gasteiger partial charge in [0.05, 0.1) is 5.57 Å². The summed E-state index contributed by atoms with van der Waals surface area (Å²) in [4.78, 5) is 11.0. The standard InChI is InChI=1S/C9H6N2O2/c1-6(7(4-10)5-11)8-2-3-13-9(8)12/h2H,3H2,1H3. The lowest BCUT2D eigenvalue weighted by atomic mass is 10.0. The zero-order chi connectivity index (χ0) is 9.84. The topological polar surface area (TPSA) is 73.9 Å². The highest BCUT2D eigenvalue weighted by atomic mass is 16.5. The summed E-state index contributed by atoms with van der Waals surface area (Å²) >= 11 is 0. The molecule has 0 saturated heterocycles. The molecule has 0 atom stereocenters. The van der Waals surface area contributed by atoms with Crippen molar-refractivity contribution < 1.29 is 9.53 Å². The first-order chi connectivity index (χ1) is 6.20. The molecule has 1 aliphatic rings. The minimum absolute atomic E-state index is 0.0508. The third-order valence-electron chi connectivity index (χ3n) is 1.72. The van der Waals surface area contributed by atoms with Gasteiger partial charge < -0.3 is 4.74 Å². The van der Waals surface area contributed by atoms with E-state index < -0.39 is 5.97 Å². The number of rotatable bonds is 1. The number of cyclic esters (lactones) is 1. The molecule has 4 heteroatoms. The number of hydrogen-bond donors (Lipinski definition) is 0. The van der Waals surface area contributed by atoms with Crippen molar-refractivity contribution in [2.24, 2.45) is 0 Å². The third kappa shape index (κ3) is 1.57. The predicted molar refractivity (Wildman–Crippen MR) is 43.0 cm³/mol. The van der Waals surface area contributed by atoms with Crippen LogP contribution in [0.2, 0.25) is 0 Å². The fourth-order valence-electron chi connectivity index (χ4n) is 0.995. The van der Waals surface area contributed by atoms with Crippen LogP contribution in [-0.4, -0.2) is 12.6 Å². The lowest BCUT2D eigenvalue weighted by Gasteiger charge is -1.97. The molecule has 13 heavy (non-hydrogen) atoms. The van der Waals surface area contributed by atoms with E-state index in [0.717, 1.165) is 0 Å². The Morgan fingerprint density at radius 2 is 2.15 bits per heavy atom. The van der Waals surface area contributed by atoms with Gasteiger partial charge in [-0.15, -0.1) is 0 Å². The molecule has 0 aromatic heterocycles. The van der Waals surface area contributed by atoms with Gasteiger partial charge in [-0.1, -0.05) is 0 Å². The van der Waals surface area contributed by atoms with E-state index >= 15 is 0 Å². The number of nitriles is 2. The molecule has 0 N–H and O–H groups in total. The first kappa shape index (κ1) is 9.02. The summed E-state index contributed by atoms with van der Waals surface area (Å²) in [6.45, 7) is 1.77. The van der Waals surface area contributed by atoms with E-state index in [2.05, 4.69) is 4.74 Å². The number of nitrogens with zero attached hydrogens (tertiary/aromatic N) is 2. The van der Waals surface area contributed by atoms with Gasteiger partial charge in [0.15, 0.2) is 0 Å². The number of allylic oxidation sites excluding steroid dienone is 1. The van der Waals surface area contributed by atoms with Crippen LogP contribution in [0, 0.1) is 22.7 Å². The highest BCUT2D eigenvalue weighted by molar-refractivity contribution is 5.95. The Labute approximate surface area is 75.3 Å². The lowest BCUT2D eigenvalue weighted by molar-refractivity contribution is -0.135. The summed E-state index contributed by atoms with van der Waals surface area (Å²) in [5, 5.41) is 17.1. The lowest BCUT2D eigenvalue weighted by Crippen LogP contribution is -2.01. The van der Waals surface area contributed by atoms with Gasteiger partial charge in [0.2, 0.25) is 0 Å². The van der Waals surface area contributed by atoms with Gasteiger partial charge in [-0.25, -0.2) is 4.79 Å². The Kier molecular flexibility index (Phi) is 2.47. The monoisotopic (exact) mass is 174 g/mol. The molecule has 1 heterocycles. The molecule has 0 radical (unpaired) electrons. The van der Waals surface area contributed by atoms with Crippen LogP contribution in [-0.2, 0) is 9.53 Å². The van der Waals surface area contributed by atoms with Crippen molar-refractivity contribution in [2.75, 3.05) is 6.61 Å². The first-order valence-corrected chi connectivity index (χ1v) is 3.59. The molecule has 0 spiro atoms. The normalized spacial score (nSPS) is 13.8. The minimum Gasteiger partial charge on any atom is -0.458 e. The molecule has 0 unspecified atom stereocenters. The van der Waals surface area contributed by atoms with Gasteiger partial charge in [-0.2, -0.15) is 10.5 Å². The molecule has 0 aromatic rings. The second-order valence-corrected chi connectivity index (χ2v) is 2.44. The molecule has 0 fully saturated rings. The Bertz CT molecular complexity index is 375. The highest BCUT2D eigenvalue weighted by Crippen LogP contribution is 2.19. The van der Waals surface area contributed by atoms with E-state index in [9.17, 15) is 4.79 Å². The molecule has 64 valence electrons. The molecule has 0 saturated carbocycles. The molecule has 0 aromatic carbocycles. The molecule has 1 aliphatic heterocycles. The van der Waals surface area contributed by atoms with Crippen molar-refractivity contribution >= 4 is 5.97 Å². The quantitative estimate of drug-likeness (QED) is 0.436. The van der Waals surface area contributed by atoms with E-state index in [1.807, 2.05) is 0 Å². The van der Waals surface area contributed by atoms with E-state index in [1.54, 1.807) is 25.1 Å². The number of ether oxygens (including phenoxy) is 1. The first-order valence-electron chi connectivity index (χ1n) is 3.59. The summed E-state index contributed by atoms with van der Waals surface area (Å²) < 4.78 is 4.64. The van der Waals surface area contributed by atoms with Gasteiger partial charge in [-0.3, -0.25) is 0 Å². The average Bonchev–Trinajstić information content (AvgIpc) is 2.53. The molecule has 1 rings (SSSR count). The Balaban J connectivity index is 3.11. The van der Waals surface area contributed by atoms with Crippen molar-refractivity contribution in [2.45, 2.75) is 6.92 Å². The molecule has 0 bridgehead atoms. The summed E-state index contributed by atoms with van der Waals surface area (Å²) in [5.41, 5.74) is 0.649. The molecule has 4 nitrogen and oxygen atoms in total. The summed E-state index contributed by atoms with van der Waals surface area (Å²) in [5.74, 6) is -0.472. The van der Waals surface area contributed by atoms with Crippen molar-refractivity contribution in [3.05, 3.63) is 22.8 Å². The molecule has 0 amide bonds. The average molecular weight is 174 g/mol. The van der Waals surface area contributed by atoms with Crippen LogP contribution >= 0.6 is 0 Å². The second kappa shape index (κ2) is 3.55. The number of esters is 1. The van der Waals surface area contributed by atoms with Crippen LogP contribution in [0.5, 0.6) is 0 Å². The zero-order valence-corrected chi connectivity index (χ0v) is 7.00. The minimum atomic E-state index is -0.472. The van der Waals surface area contributed by atoms with Gasteiger partial charge in [-0.05, 0) is 18.6 Å². The van der Waals surface area contributed by atoms with Gasteiger partial charge in [0.1, 0.15) is 24.3 Å². The summed E-state index contributed by atoms with van der Waals surface area (Å²) in [6, 6.07) is 3.44. The van der Waals surface area contributed by atoms with E-state index in [-0.39, 0.29) is 12.2 Å². The van der Waals surface area contributed by atoms with E-state index in [0.29, 0.717) is 11.1 Å². The zero-order valence-electron chi connectivity index (χ0n) is 7.00. The van der Waals surface area contributed by atoms with Crippen molar-refractivity contribution in [1.29, 1.82) is 10.5 Å². The second-order valence-electron chi connectivity index (χ2n) is 2.44. The fourth-order valence-corrected chi connectivity index (χ4v) is 0.995. The predicted octanol–water partition coefficient (Wildman–Crippen LogP) is 0.833. The Morgan fingerprint density at radius 3 is 2.54 bits per heavy atom. The Hall–Kier alpha value is -2.07.